The summed E-state index contributed by atoms with van der Waals surface area (Å²) in [5.41, 5.74) is 1.41. The number of benzene rings is 1. The summed E-state index contributed by atoms with van der Waals surface area (Å²) in [5.74, 6) is 1.11. The lowest BCUT2D eigenvalue weighted by Gasteiger charge is -2.22. The molecule has 0 aliphatic heterocycles. The molecular formula is C15H24O2. The summed E-state index contributed by atoms with van der Waals surface area (Å²) in [6.45, 7) is 3.85. The van der Waals surface area contributed by atoms with Crippen LogP contribution in [-0.4, -0.2) is 27.4 Å². The molecule has 0 N–H and O–H groups in total. The largest absolute Gasteiger partial charge is 0.384 e. The Morgan fingerprint density at radius 1 is 1.00 bits per heavy atom. The van der Waals surface area contributed by atoms with Gasteiger partial charge in [-0.25, -0.2) is 0 Å². The Labute approximate surface area is 105 Å². The predicted octanol–water partition coefficient (Wildman–Crippen LogP) is 3.16. The van der Waals surface area contributed by atoms with Gasteiger partial charge in [0.15, 0.2) is 0 Å². The van der Waals surface area contributed by atoms with Crippen LogP contribution in [0.3, 0.4) is 0 Å². The molecule has 0 fully saturated rings. The number of rotatable bonds is 8. The quantitative estimate of drug-likeness (QED) is 0.690. The van der Waals surface area contributed by atoms with E-state index in [2.05, 4.69) is 37.3 Å². The Hall–Kier alpha value is -0.860. The van der Waals surface area contributed by atoms with Gasteiger partial charge in [-0.1, -0.05) is 37.3 Å². The number of aryl methyl sites for hydroxylation is 1. The highest BCUT2D eigenvalue weighted by molar-refractivity contribution is 5.14. The number of ether oxygens (including phenoxy) is 2. The van der Waals surface area contributed by atoms with Crippen molar-refractivity contribution >= 4 is 0 Å². The number of hydrogen-bond acceptors (Lipinski definition) is 2. The van der Waals surface area contributed by atoms with Gasteiger partial charge in [0.05, 0.1) is 13.2 Å². The molecule has 0 heterocycles. The monoisotopic (exact) mass is 236 g/mol. The summed E-state index contributed by atoms with van der Waals surface area (Å²) < 4.78 is 10.5. The molecule has 0 aliphatic carbocycles. The van der Waals surface area contributed by atoms with Crippen molar-refractivity contribution in [3.8, 4) is 0 Å². The standard InChI is InChI=1S/C15H24O2/c1-13(15(11-16-2)12-17-3)9-10-14-7-5-4-6-8-14/h4-8,13,15H,9-12H2,1-3H3. The zero-order valence-electron chi connectivity index (χ0n) is 11.2. The molecule has 0 aromatic heterocycles. The van der Waals surface area contributed by atoms with Crippen LogP contribution in [0.5, 0.6) is 0 Å². The Morgan fingerprint density at radius 2 is 1.59 bits per heavy atom. The summed E-state index contributed by atoms with van der Waals surface area (Å²) in [5, 5.41) is 0. The second-order valence-electron chi connectivity index (χ2n) is 4.67. The first kappa shape index (κ1) is 14.2. The van der Waals surface area contributed by atoms with E-state index in [1.54, 1.807) is 14.2 Å². The third-order valence-corrected chi connectivity index (χ3v) is 3.30. The highest BCUT2D eigenvalue weighted by atomic mass is 16.5. The minimum Gasteiger partial charge on any atom is -0.384 e. The van der Waals surface area contributed by atoms with Gasteiger partial charge in [0.25, 0.3) is 0 Å². The minimum atomic E-state index is 0.494. The van der Waals surface area contributed by atoms with Crippen molar-refractivity contribution < 1.29 is 9.47 Å². The normalized spacial score (nSPS) is 12.9. The summed E-state index contributed by atoms with van der Waals surface area (Å²) >= 11 is 0. The SMILES string of the molecule is COCC(COC)C(C)CCc1ccccc1. The third-order valence-electron chi connectivity index (χ3n) is 3.30. The fourth-order valence-corrected chi connectivity index (χ4v) is 2.08. The third kappa shape index (κ3) is 5.33. The smallest absolute Gasteiger partial charge is 0.0515 e. The van der Waals surface area contributed by atoms with Gasteiger partial charge in [-0.3, -0.25) is 0 Å². The van der Waals surface area contributed by atoms with Crippen molar-refractivity contribution in [2.75, 3.05) is 27.4 Å². The van der Waals surface area contributed by atoms with Crippen LogP contribution in [0.4, 0.5) is 0 Å². The van der Waals surface area contributed by atoms with Crippen LogP contribution >= 0.6 is 0 Å². The topological polar surface area (TPSA) is 18.5 Å². The van der Waals surface area contributed by atoms with Crippen molar-refractivity contribution in [3.63, 3.8) is 0 Å². The Morgan fingerprint density at radius 3 is 2.12 bits per heavy atom. The molecule has 1 atom stereocenters. The van der Waals surface area contributed by atoms with E-state index in [0.29, 0.717) is 11.8 Å². The lowest BCUT2D eigenvalue weighted by Crippen LogP contribution is -2.22. The molecule has 0 bridgehead atoms. The maximum atomic E-state index is 5.25. The molecule has 1 unspecified atom stereocenters. The molecular weight excluding hydrogens is 212 g/mol. The van der Waals surface area contributed by atoms with Crippen LogP contribution in [-0.2, 0) is 15.9 Å². The van der Waals surface area contributed by atoms with E-state index >= 15 is 0 Å². The van der Waals surface area contributed by atoms with Crippen molar-refractivity contribution in [2.45, 2.75) is 19.8 Å². The van der Waals surface area contributed by atoms with Crippen LogP contribution in [0, 0.1) is 11.8 Å². The highest BCUT2D eigenvalue weighted by Crippen LogP contribution is 2.19. The van der Waals surface area contributed by atoms with Gasteiger partial charge in [0, 0.05) is 20.1 Å². The molecule has 1 rings (SSSR count). The van der Waals surface area contributed by atoms with Gasteiger partial charge in [-0.15, -0.1) is 0 Å². The van der Waals surface area contributed by atoms with Crippen LogP contribution in [0.1, 0.15) is 18.9 Å². The van der Waals surface area contributed by atoms with Crippen LogP contribution in [0.2, 0.25) is 0 Å². The summed E-state index contributed by atoms with van der Waals surface area (Å²) in [4.78, 5) is 0. The van der Waals surface area contributed by atoms with E-state index in [-0.39, 0.29) is 0 Å². The average Bonchev–Trinajstić information content (AvgIpc) is 2.37. The van der Waals surface area contributed by atoms with Crippen molar-refractivity contribution in [2.24, 2.45) is 11.8 Å². The van der Waals surface area contributed by atoms with Crippen molar-refractivity contribution in [3.05, 3.63) is 35.9 Å². The number of hydrogen-bond donors (Lipinski definition) is 0. The Balaban J connectivity index is 2.38. The molecule has 0 amide bonds. The van der Waals surface area contributed by atoms with Gasteiger partial charge in [0.2, 0.25) is 0 Å². The molecule has 0 radical (unpaired) electrons. The second kappa shape index (κ2) is 8.26. The molecule has 0 saturated heterocycles. The highest BCUT2D eigenvalue weighted by Gasteiger charge is 2.16. The molecule has 2 heteroatoms. The van der Waals surface area contributed by atoms with Crippen LogP contribution in [0.25, 0.3) is 0 Å². The number of methoxy groups -OCH3 is 2. The first-order valence-corrected chi connectivity index (χ1v) is 6.29. The molecule has 0 aliphatic rings. The van der Waals surface area contributed by atoms with Gasteiger partial charge < -0.3 is 9.47 Å². The maximum Gasteiger partial charge on any atom is 0.0515 e. The van der Waals surface area contributed by atoms with E-state index in [1.807, 2.05) is 0 Å². The van der Waals surface area contributed by atoms with Crippen molar-refractivity contribution in [1.82, 2.24) is 0 Å². The Bertz CT molecular complexity index is 278. The van der Waals surface area contributed by atoms with Gasteiger partial charge in [-0.05, 0) is 24.3 Å². The minimum absolute atomic E-state index is 0.494. The molecule has 0 spiro atoms. The van der Waals surface area contributed by atoms with Gasteiger partial charge in [0.1, 0.15) is 0 Å². The fourth-order valence-electron chi connectivity index (χ4n) is 2.08. The maximum absolute atomic E-state index is 5.25. The average molecular weight is 236 g/mol. The molecule has 0 saturated carbocycles. The summed E-state index contributed by atoms with van der Waals surface area (Å²) in [6.07, 6.45) is 2.31. The van der Waals surface area contributed by atoms with E-state index in [1.165, 1.54) is 12.0 Å². The first-order chi connectivity index (χ1) is 8.27. The van der Waals surface area contributed by atoms with Gasteiger partial charge in [-0.2, -0.15) is 0 Å². The zero-order chi connectivity index (χ0) is 12.5. The molecule has 1 aromatic rings. The second-order valence-corrected chi connectivity index (χ2v) is 4.67. The first-order valence-electron chi connectivity index (χ1n) is 6.29. The summed E-state index contributed by atoms with van der Waals surface area (Å²) in [6, 6.07) is 10.6. The lowest BCUT2D eigenvalue weighted by atomic mass is 9.89. The zero-order valence-corrected chi connectivity index (χ0v) is 11.2. The predicted molar refractivity (Wildman–Crippen MR) is 71.2 cm³/mol. The molecule has 17 heavy (non-hydrogen) atoms. The fraction of sp³-hybridized carbons (Fsp3) is 0.600. The Kier molecular flexibility index (Phi) is 6.90. The van der Waals surface area contributed by atoms with E-state index in [0.717, 1.165) is 19.6 Å². The molecule has 96 valence electrons. The van der Waals surface area contributed by atoms with Crippen LogP contribution < -0.4 is 0 Å². The van der Waals surface area contributed by atoms with Gasteiger partial charge >= 0.3 is 0 Å². The lowest BCUT2D eigenvalue weighted by molar-refractivity contribution is 0.0561. The van der Waals surface area contributed by atoms with E-state index in [9.17, 15) is 0 Å². The summed E-state index contributed by atoms with van der Waals surface area (Å²) in [7, 11) is 3.51. The van der Waals surface area contributed by atoms with E-state index in [4.69, 9.17) is 9.47 Å². The van der Waals surface area contributed by atoms with E-state index < -0.39 is 0 Å². The van der Waals surface area contributed by atoms with Crippen molar-refractivity contribution in [1.29, 1.82) is 0 Å². The van der Waals surface area contributed by atoms with Crippen LogP contribution in [0.15, 0.2) is 30.3 Å². The molecule has 1 aromatic carbocycles. The molecule has 2 nitrogen and oxygen atoms in total.